The van der Waals surface area contributed by atoms with Gasteiger partial charge < -0.3 is 10.2 Å². The van der Waals surface area contributed by atoms with Crippen LogP contribution in [-0.2, 0) is 5.41 Å². The van der Waals surface area contributed by atoms with Crippen LogP contribution in [0.15, 0.2) is 65.7 Å². The number of nitrogens with zero attached hydrogens (tertiary/aromatic N) is 5. The van der Waals surface area contributed by atoms with Crippen LogP contribution in [0, 0.1) is 11.3 Å². The van der Waals surface area contributed by atoms with Gasteiger partial charge in [-0.25, -0.2) is 0 Å². The summed E-state index contributed by atoms with van der Waals surface area (Å²) in [6.07, 6.45) is 6.64. The smallest absolute Gasteiger partial charge is 0.267 e. The fraction of sp³-hybridized carbons (Fsp3) is 0.407. The summed E-state index contributed by atoms with van der Waals surface area (Å²) < 4.78 is 1.53. The fourth-order valence-corrected chi connectivity index (χ4v) is 5.27. The van der Waals surface area contributed by atoms with Crippen molar-refractivity contribution in [3.63, 3.8) is 0 Å². The molecule has 2 saturated heterocycles. The van der Waals surface area contributed by atoms with E-state index in [0.29, 0.717) is 39.1 Å². The molecule has 0 aromatic carbocycles. The summed E-state index contributed by atoms with van der Waals surface area (Å²) in [6, 6.07) is 17.2. The number of carbonyl (C=O) groups is 1. The first-order chi connectivity index (χ1) is 17.1. The third-order valence-corrected chi connectivity index (χ3v) is 7.40. The molecule has 8 heteroatoms. The lowest BCUT2D eigenvalue weighted by Gasteiger charge is -2.42. The first-order valence-corrected chi connectivity index (χ1v) is 12.3. The van der Waals surface area contributed by atoms with Gasteiger partial charge in [0.15, 0.2) is 0 Å². The molecule has 1 atom stereocenters. The fourth-order valence-electron chi connectivity index (χ4n) is 5.27. The monoisotopic (exact) mass is 470 g/mol. The normalized spacial score (nSPS) is 20.3. The van der Waals surface area contributed by atoms with Crippen molar-refractivity contribution in [3.05, 3.63) is 82.5 Å². The highest BCUT2D eigenvalue weighted by molar-refractivity contribution is 5.94. The number of amides is 1. The highest BCUT2D eigenvalue weighted by Crippen LogP contribution is 2.34. The molecule has 0 radical (unpaired) electrons. The molecule has 3 aromatic rings. The zero-order valence-corrected chi connectivity index (χ0v) is 19.8. The molecule has 2 aliphatic heterocycles. The minimum atomic E-state index is -0.601. The minimum absolute atomic E-state index is 0.0190. The zero-order valence-electron chi connectivity index (χ0n) is 19.8. The van der Waals surface area contributed by atoms with Gasteiger partial charge in [0.2, 0.25) is 0 Å². The van der Waals surface area contributed by atoms with Crippen molar-refractivity contribution >= 4 is 11.4 Å². The van der Waals surface area contributed by atoms with Crippen molar-refractivity contribution in [1.82, 2.24) is 24.5 Å². The summed E-state index contributed by atoms with van der Waals surface area (Å²) in [5.41, 5.74) is 0.875. The second kappa shape index (κ2) is 9.98. The molecule has 1 unspecified atom stereocenters. The number of aromatic nitrogens is 2. The summed E-state index contributed by atoms with van der Waals surface area (Å²) in [6.45, 7) is 3.46. The Balaban J connectivity index is 1.38. The van der Waals surface area contributed by atoms with Crippen molar-refractivity contribution in [3.8, 4) is 6.07 Å². The Morgan fingerprint density at radius 2 is 2.00 bits per heavy atom. The van der Waals surface area contributed by atoms with E-state index in [2.05, 4.69) is 21.3 Å². The van der Waals surface area contributed by atoms with Gasteiger partial charge in [-0.05, 0) is 68.6 Å². The van der Waals surface area contributed by atoms with Crippen molar-refractivity contribution < 1.29 is 4.79 Å². The van der Waals surface area contributed by atoms with Crippen LogP contribution in [0.25, 0.3) is 5.52 Å². The lowest BCUT2D eigenvalue weighted by Crippen LogP contribution is -2.55. The molecule has 0 spiro atoms. The number of piperidine rings is 2. The van der Waals surface area contributed by atoms with Crippen LogP contribution in [-0.4, -0.2) is 64.0 Å². The van der Waals surface area contributed by atoms with Crippen LogP contribution < -0.4 is 10.9 Å². The number of carbonyl (C=O) groups excluding carboxylic acids is 1. The lowest BCUT2D eigenvalue weighted by atomic mass is 9.76. The van der Waals surface area contributed by atoms with Gasteiger partial charge in [-0.3, -0.25) is 23.9 Å². The van der Waals surface area contributed by atoms with E-state index in [4.69, 9.17) is 0 Å². The standard InChI is InChI=1S/C27H30N6O2/c28-19-27(24-8-1-3-14-30-24)11-16-31(17-12-27)20-33(22-7-5-13-29-18-22)26(35)23-10-9-21-6-2-4-15-32(21)25(23)34/h1-4,6,8-10,14-15,22,29H,5,7,11-13,16-18,20H2. The van der Waals surface area contributed by atoms with Gasteiger partial charge in [0.05, 0.1) is 18.4 Å². The Hall–Kier alpha value is -3.54. The number of fused-ring (bicyclic) bond motifs is 1. The van der Waals surface area contributed by atoms with Crippen LogP contribution in [0.4, 0.5) is 0 Å². The van der Waals surface area contributed by atoms with E-state index in [-0.39, 0.29) is 23.1 Å². The van der Waals surface area contributed by atoms with Crippen molar-refractivity contribution in [1.29, 1.82) is 5.26 Å². The maximum atomic E-state index is 13.8. The predicted octanol–water partition coefficient (Wildman–Crippen LogP) is 2.40. The Bertz CT molecular complexity index is 1280. The van der Waals surface area contributed by atoms with Crippen molar-refractivity contribution in [2.45, 2.75) is 37.1 Å². The third kappa shape index (κ3) is 4.57. The largest absolute Gasteiger partial charge is 0.321 e. The van der Waals surface area contributed by atoms with Gasteiger partial charge in [-0.15, -0.1) is 0 Å². The molecule has 0 bridgehead atoms. The van der Waals surface area contributed by atoms with Crippen LogP contribution >= 0.6 is 0 Å². The van der Waals surface area contributed by atoms with Gasteiger partial charge in [0.1, 0.15) is 11.0 Å². The molecule has 1 N–H and O–H groups in total. The van der Waals surface area contributed by atoms with E-state index < -0.39 is 5.41 Å². The average Bonchev–Trinajstić information content (AvgIpc) is 2.93. The zero-order chi connectivity index (χ0) is 24.3. The molecule has 35 heavy (non-hydrogen) atoms. The number of rotatable bonds is 5. The molecular weight excluding hydrogens is 440 g/mol. The van der Waals surface area contributed by atoms with E-state index in [1.807, 2.05) is 41.3 Å². The van der Waals surface area contributed by atoms with Gasteiger partial charge in [0, 0.05) is 43.6 Å². The average molecular weight is 471 g/mol. The Morgan fingerprint density at radius 1 is 1.17 bits per heavy atom. The van der Waals surface area contributed by atoms with E-state index in [9.17, 15) is 14.9 Å². The molecule has 2 fully saturated rings. The van der Waals surface area contributed by atoms with Crippen LogP contribution in [0.3, 0.4) is 0 Å². The molecule has 2 aliphatic rings. The molecular formula is C27H30N6O2. The van der Waals surface area contributed by atoms with Gasteiger partial charge in [-0.2, -0.15) is 5.26 Å². The van der Waals surface area contributed by atoms with Crippen LogP contribution in [0.1, 0.15) is 41.7 Å². The highest BCUT2D eigenvalue weighted by Gasteiger charge is 2.39. The molecule has 180 valence electrons. The predicted molar refractivity (Wildman–Crippen MR) is 133 cm³/mol. The number of pyridine rings is 3. The molecule has 0 saturated carbocycles. The lowest BCUT2D eigenvalue weighted by molar-refractivity contribution is 0.0388. The maximum Gasteiger partial charge on any atom is 0.267 e. The Kier molecular flexibility index (Phi) is 6.62. The van der Waals surface area contributed by atoms with Crippen molar-refractivity contribution in [2.75, 3.05) is 32.8 Å². The molecule has 3 aromatic heterocycles. The van der Waals surface area contributed by atoms with Gasteiger partial charge in [-0.1, -0.05) is 12.1 Å². The maximum absolute atomic E-state index is 13.8. The van der Waals surface area contributed by atoms with Crippen LogP contribution in [0.5, 0.6) is 0 Å². The molecule has 8 nitrogen and oxygen atoms in total. The van der Waals surface area contributed by atoms with Crippen LogP contribution in [0.2, 0.25) is 0 Å². The number of hydrogen-bond acceptors (Lipinski definition) is 6. The van der Waals surface area contributed by atoms with E-state index in [1.165, 1.54) is 4.40 Å². The van der Waals surface area contributed by atoms with Gasteiger partial charge in [0.25, 0.3) is 11.5 Å². The summed E-state index contributed by atoms with van der Waals surface area (Å²) in [5, 5.41) is 13.4. The molecule has 1 amide bonds. The third-order valence-electron chi connectivity index (χ3n) is 7.40. The van der Waals surface area contributed by atoms with E-state index in [1.54, 1.807) is 24.5 Å². The molecule has 5 rings (SSSR count). The Labute approximate surface area is 204 Å². The summed E-state index contributed by atoms with van der Waals surface area (Å²) in [7, 11) is 0. The number of nitrogens with one attached hydrogen (secondary N) is 1. The second-order valence-corrected chi connectivity index (χ2v) is 9.49. The molecule has 0 aliphatic carbocycles. The highest BCUT2D eigenvalue weighted by atomic mass is 16.2. The number of likely N-dealkylation sites (tertiary alicyclic amines) is 1. The SMILES string of the molecule is N#CC1(c2ccccn2)CCN(CN(C(=O)c2ccc3ccccn3c2=O)C2CCCNC2)CC1. The van der Waals surface area contributed by atoms with Gasteiger partial charge >= 0.3 is 0 Å². The quantitative estimate of drug-likeness (QED) is 0.616. The summed E-state index contributed by atoms with van der Waals surface area (Å²) in [4.78, 5) is 35.5. The first-order valence-electron chi connectivity index (χ1n) is 12.3. The minimum Gasteiger partial charge on any atom is -0.321 e. The molecule has 5 heterocycles. The Morgan fingerprint density at radius 3 is 2.71 bits per heavy atom. The summed E-state index contributed by atoms with van der Waals surface area (Å²) in [5.74, 6) is -0.233. The first kappa shape index (κ1) is 23.2. The van der Waals surface area contributed by atoms with Crippen molar-refractivity contribution in [2.24, 2.45) is 0 Å². The number of hydrogen-bond donors (Lipinski definition) is 1. The van der Waals surface area contributed by atoms with E-state index >= 15 is 0 Å². The summed E-state index contributed by atoms with van der Waals surface area (Å²) >= 11 is 0. The second-order valence-electron chi connectivity index (χ2n) is 9.49. The van der Waals surface area contributed by atoms with E-state index in [0.717, 1.165) is 30.6 Å². The topological polar surface area (TPSA) is 93.7 Å². The number of nitriles is 1.